The van der Waals surface area contributed by atoms with Gasteiger partial charge in [-0.05, 0) is 29.5 Å². The minimum Gasteiger partial charge on any atom is -0.254 e. The number of alkyl halides is 3. The second-order valence-corrected chi connectivity index (χ2v) is 3.64. The lowest BCUT2D eigenvalue weighted by Crippen LogP contribution is -2.09. The van der Waals surface area contributed by atoms with Gasteiger partial charge in [0.1, 0.15) is 6.54 Å². The van der Waals surface area contributed by atoms with E-state index in [1.54, 1.807) is 28.7 Å². The molecule has 1 aromatic rings. The standard InChI is InChI=1S/C7H5F3IN3/c1-4-5(11)6(7(8,9)10)13-14(4)3-2-12/h3H2,1H3. The fraction of sp³-hybridized carbons (Fsp3) is 0.429. The Hall–Kier alpha value is -0.780. The number of nitrogens with zero attached hydrogens (tertiary/aromatic N) is 3. The second kappa shape index (κ2) is 3.76. The first kappa shape index (κ1) is 11.3. The van der Waals surface area contributed by atoms with Gasteiger partial charge in [0.2, 0.25) is 0 Å². The summed E-state index contributed by atoms with van der Waals surface area (Å²) in [4.78, 5) is 0. The van der Waals surface area contributed by atoms with E-state index in [2.05, 4.69) is 5.10 Å². The summed E-state index contributed by atoms with van der Waals surface area (Å²) in [5.74, 6) is 0. The van der Waals surface area contributed by atoms with E-state index in [1.807, 2.05) is 0 Å². The molecule has 7 heteroatoms. The number of halogens is 4. The smallest absolute Gasteiger partial charge is 0.254 e. The maximum atomic E-state index is 12.3. The predicted molar refractivity (Wildman–Crippen MR) is 50.3 cm³/mol. The number of hydrogen-bond donors (Lipinski definition) is 0. The molecule has 0 saturated heterocycles. The molecule has 0 amide bonds. The first-order chi connectivity index (χ1) is 6.38. The molecule has 0 aliphatic heterocycles. The quantitative estimate of drug-likeness (QED) is 0.747. The van der Waals surface area contributed by atoms with Crippen molar-refractivity contribution in [2.45, 2.75) is 19.6 Å². The summed E-state index contributed by atoms with van der Waals surface area (Å²) < 4.78 is 38.0. The monoisotopic (exact) mass is 315 g/mol. The van der Waals surface area contributed by atoms with Gasteiger partial charge in [0.15, 0.2) is 5.69 Å². The van der Waals surface area contributed by atoms with Gasteiger partial charge >= 0.3 is 6.18 Å². The third-order valence-corrected chi connectivity index (χ3v) is 2.91. The van der Waals surface area contributed by atoms with Crippen molar-refractivity contribution < 1.29 is 13.2 Å². The second-order valence-electron chi connectivity index (χ2n) is 2.56. The van der Waals surface area contributed by atoms with Crippen molar-refractivity contribution in [3.63, 3.8) is 0 Å². The molecule has 76 valence electrons. The molecule has 0 radical (unpaired) electrons. The third-order valence-electron chi connectivity index (χ3n) is 1.62. The Morgan fingerprint density at radius 3 is 2.50 bits per heavy atom. The average Bonchev–Trinajstić information content (AvgIpc) is 2.32. The van der Waals surface area contributed by atoms with E-state index in [0.717, 1.165) is 4.68 Å². The van der Waals surface area contributed by atoms with Crippen LogP contribution in [0.4, 0.5) is 13.2 Å². The summed E-state index contributed by atoms with van der Waals surface area (Å²) in [6.45, 7) is 1.33. The molecule has 0 fully saturated rings. The van der Waals surface area contributed by atoms with Gasteiger partial charge in [-0.3, -0.25) is 4.68 Å². The molecule has 0 saturated carbocycles. The van der Waals surface area contributed by atoms with E-state index in [-0.39, 0.29) is 10.1 Å². The molecule has 1 rings (SSSR count). The van der Waals surface area contributed by atoms with E-state index in [9.17, 15) is 13.2 Å². The van der Waals surface area contributed by atoms with E-state index < -0.39 is 11.9 Å². The van der Waals surface area contributed by atoms with Crippen LogP contribution in [0.2, 0.25) is 0 Å². The molecule has 0 bridgehead atoms. The lowest BCUT2D eigenvalue weighted by molar-refractivity contribution is -0.142. The Morgan fingerprint density at radius 1 is 1.57 bits per heavy atom. The minimum atomic E-state index is -4.46. The Labute approximate surface area is 91.6 Å². The molecular formula is C7H5F3IN3. The molecule has 0 aromatic carbocycles. The number of rotatable bonds is 1. The van der Waals surface area contributed by atoms with Crippen LogP contribution < -0.4 is 0 Å². The molecule has 0 spiro atoms. The SMILES string of the molecule is Cc1c(I)c(C(F)(F)F)nn1CC#N. The Kier molecular flexibility index (Phi) is 3.04. The highest BCUT2D eigenvalue weighted by Gasteiger charge is 2.37. The molecular weight excluding hydrogens is 310 g/mol. The first-order valence-corrected chi connectivity index (χ1v) is 4.63. The summed E-state index contributed by atoms with van der Waals surface area (Å²) in [6.07, 6.45) is -4.46. The molecule has 3 nitrogen and oxygen atoms in total. The van der Waals surface area contributed by atoms with Crippen molar-refractivity contribution in [1.82, 2.24) is 9.78 Å². The van der Waals surface area contributed by atoms with Crippen LogP contribution in [0.1, 0.15) is 11.4 Å². The first-order valence-electron chi connectivity index (χ1n) is 3.55. The average molecular weight is 315 g/mol. The van der Waals surface area contributed by atoms with Crippen molar-refractivity contribution in [3.8, 4) is 6.07 Å². The van der Waals surface area contributed by atoms with E-state index in [0.29, 0.717) is 5.69 Å². The summed E-state index contributed by atoms with van der Waals surface area (Å²) in [6, 6.07) is 1.75. The van der Waals surface area contributed by atoms with Crippen LogP contribution >= 0.6 is 22.6 Å². The Bertz CT molecular complexity index is 388. The normalized spacial score (nSPS) is 11.4. The van der Waals surface area contributed by atoms with Gasteiger partial charge < -0.3 is 0 Å². The van der Waals surface area contributed by atoms with Crippen LogP contribution in [0.5, 0.6) is 0 Å². The maximum Gasteiger partial charge on any atom is 0.436 e. The van der Waals surface area contributed by atoms with E-state index >= 15 is 0 Å². The van der Waals surface area contributed by atoms with Gasteiger partial charge in [0.25, 0.3) is 0 Å². The highest BCUT2D eigenvalue weighted by atomic mass is 127. The van der Waals surface area contributed by atoms with Crippen LogP contribution in [0.3, 0.4) is 0 Å². The van der Waals surface area contributed by atoms with Crippen molar-refractivity contribution in [3.05, 3.63) is 15.0 Å². The van der Waals surface area contributed by atoms with E-state index in [1.165, 1.54) is 6.92 Å². The molecule has 0 aliphatic carbocycles. The predicted octanol–water partition coefficient (Wildman–Crippen LogP) is 2.34. The van der Waals surface area contributed by atoms with Gasteiger partial charge in [-0.25, -0.2) is 0 Å². The summed E-state index contributed by atoms with van der Waals surface area (Å²) in [5, 5.41) is 11.7. The Balaban J connectivity index is 3.23. The van der Waals surface area contributed by atoms with Gasteiger partial charge in [-0.2, -0.15) is 23.5 Å². The van der Waals surface area contributed by atoms with Crippen LogP contribution in [0.25, 0.3) is 0 Å². The summed E-state index contributed by atoms with van der Waals surface area (Å²) in [7, 11) is 0. The lowest BCUT2D eigenvalue weighted by Gasteiger charge is -2.01. The van der Waals surface area contributed by atoms with Gasteiger partial charge in [0.05, 0.1) is 15.3 Å². The third kappa shape index (κ3) is 2.00. The van der Waals surface area contributed by atoms with E-state index in [4.69, 9.17) is 5.26 Å². The number of aromatic nitrogens is 2. The highest BCUT2D eigenvalue weighted by Crippen LogP contribution is 2.32. The molecule has 0 aliphatic rings. The van der Waals surface area contributed by atoms with Gasteiger partial charge in [-0.15, -0.1) is 0 Å². The molecule has 1 aromatic heterocycles. The number of hydrogen-bond acceptors (Lipinski definition) is 2. The summed E-state index contributed by atoms with van der Waals surface area (Å²) >= 11 is 1.58. The fourth-order valence-corrected chi connectivity index (χ4v) is 1.62. The van der Waals surface area contributed by atoms with Crippen molar-refractivity contribution in [2.75, 3.05) is 0 Å². The molecule has 0 atom stereocenters. The van der Waals surface area contributed by atoms with Crippen molar-refractivity contribution >= 4 is 22.6 Å². The maximum absolute atomic E-state index is 12.3. The largest absolute Gasteiger partial charge is 0.436 e. The highest BCUT2D eigenvalue weighted by molar-refractivity contribution is 14.1. The number of nitriles is 1. The van der Waals surface area contributed by atoms with Crippen LogP contribution in [-0.2, 0) is 12.7 Å². The summed E-state index contributed by atoms with van der Waals surface area (Å²) in [5.41, 5.74) is -0.565. The van der Waals surface area contributed by atoms with Crippen LogP contribution in [0.15, 0.2) is 0 Å². The topological polar surface area (TPSA) is 41.6 Å². The lowest BCUT2D eigenvalue weighted by atomic mass is 10.4. The molecule has 1 heterocycles. The van der Waals surface area contributed by atoms with Crippen LogP contribution in [0, 0.1) is 21.8 Å². The fourth-order valence-electron chi connectivity index (χ4n) is 0.926. The minimum absolute atomic E-state index is 0.0466. The zero-order valence-electron chi connectivity index (χ0n) is 7.06. The van der Waals surface area contributed by atoms with Crippen molar-refractivity contribution in [1.29, 1.82) is 5.26 Å². The van der Waals surface area contributed by atoms with Gasteiger partial charge in [0, 0.05) is 0 Å². The zero-order chi connectivity index (χ0) is 10.9. The van der Waals surface area contributed by atoms with Crippen LogP contribution in [-0.4, -0.2) is 9.78 Å². The molecule has 14 heavy (non-hydrogen) atoms. The molecule has 0 N–H and O–H groups in total. The van der Waals surface area contributed by atoms with Crippen molar-refractivity contribution in [2.24, 2.45) is 0 Å². The Morgan fingerprint density at radius 2 is 2.14 bits per heavy atom. The van der Waals surface area contributed by atoms with Gasteiger partial charge in [-0.1, -0.05) is 0 Å². The zero-order valence-corrected chi connectivity index (χ0v) is 9.22. The molecule has 0 unspecified atom stereocenters.